The lowest BCUT2D eigenvalue weighted by atomic mass is 10.2. The molecule has 2 N–H and O–H groups in total. The first-order valence-electron chi connectivity index (χ1n) is 8.37. The van der Waals surface area contributed by atoms with Gasteiger partial charge in [-0.1, -0.05) is 23.7 Å². The van der Waals surface area contributed by atoms with Gasteiger partial charge in [-0.25, -0.2) is 0 Å². The monoisotopic (exact) mass is 381 g/mol. The zero-order valence-electron chi connectivity index (χ0n) is 14.2. The van der Waals surface area contributed by atoms with Crippen LogP contribution in [0.15, 0.2) is 60.9 Å². The summed E-state index contributed by atoms with van der Waals surface area (Å²) in [4.78, 5) is 16.7. The Morgan fingerprint density at radius 3 is 2.63 bits per heavy atom. The third kappa shape index (κ3) is 3.96. The molecular weight excluding hydrogens is 366 g/mol. The second-order valence-corrected chi connectivity index (χ2v) is 6.29. The van der Waals surface area contributed by atoms with Gasteiger partial charge in [0.2, 0.25) is 0 Å². The van der Waals surface area contributed by atoms with Crippen molar-refractivity contribution in [2.24, 2.45) is 0 Å². The highest BCUT2D eigenvalue weighted by Gasteiger charge is 2.14. The molecule has 0 bridgehead atoms. The molecule has 0 unspecified atom stereocenters. The number of rotatable bonds is 4. The molecule has 1 aliphatic heterocycles. The van der Waals surface area contributed by atoms with Gasteiger partial charge in [0.1, 0.15) is 13.2 Å². The molecular formula is C20H16ClN3O3. The smallest absolute Gasteiger partial charge is 0.257 e. The van der Waals surface area contributed by atoms with Crippen LogP contribution in [0.2, 0.25) is 5.02 Å². The average Bonchev–Trinajstić information content (AvgIpc) is 2.70. The van der Waals surface area contributed by atoms with Gasteiger partial charge in [-0.3, -0.25) is 9.78 Å². The molecule has 0 saturated heterocycles. The molecule has 136 valence electrons. The number of anilines is 3. The number of aromatic nitrogens is 1. The van der Waals surface area contributed by atoms with E-state index in [1.807, 2.05) is 18.2 Å². The van der Waals surface area contributed by atoms with Crippen LogP contribution in [0.5, 0.6) is 11.5 Å². The van der Waals surface area contributed by atoms with Gasteiger partial charge in [-0.15, -0.1) is 0 Å². The number of fused-ring (bicyclic) bond motifs is 1. The van der Waals surface area contributed by atoms with E-state index in [-0.39, 0.29) is 5.91 Å². The van der Waals surface area contributed by atoms with Gasteiger partial charge in [0.15, 0.2) is 11.5 Å². The van der Waals surface area contributed by atoms with Crippen LogP contribution in [0.4, 0.5) is 17.1 Å². The van der Waals surface area contributed by atoms with E-state index in [9.17, 15) is 4.79 Å². The van der Waals surface area contributed by atoms with E-state index in [1.54, 1.807) is 36.5 Å². The van der Waals surface area contributed by atoms with Crippen LogP contribution in [0.1, 0.15) is 10.4 Å². The van der Waals surface area contributed by atoms with Crippen molar-refractivity contribution in [3.8, 4) is 11.5 Å². The van der Waals surface area contributed by atoms with Crippen molar-refractivity contribution in [3.05, 3.63) is 71.5 Å². The molecule has 0 aliphatic carbocycles. The number of para-hydroxylation sites is 1. The summed E-state index contributed by atoms with van der Waals surface area (Å²) in [5.74, 6) is 1.01. The second-order valence-electron chi connectivity index (χ2n) is 5.88. The first-order valence-corrected chi connectivity index (χ1v) is 8.74. The molecule has 0 atom stereocenters. The summed E-state index contributed by atoms with van der Waals surface area (Å²) < 4.78 is 11.0. The molecule has 27 heavy (non-hydrogen) atoms. The molecule has 2 aromatic carbocycles. The minimum absolute atomic E-state index is 0.276. The SMILES string of the molecule is O=C(Nc1ccc2c(c1)OCCO2)c1cncc(Nc2ccccc2Cl)c1. The molecule has 6 nitrogen and oxygen atoms in total. The average molecular weight is 382 g/mol. The Hall–Kier alpha value is -3.25. The molecule has 0 saturated carbocycles. The molecule has 1 aliphatic rings. The largest absolute Gasteiger partial charge is 0.486 e. The van der Waals surface area contributed by atoms with E-state index in [0.29, 0.717) is 46.7 Å². The number of amides is 1. The molecule has 0 spiro atoms. The fraction of sp³-hybridized carbons (Fsp3) is 0.100. The fourth-order valence-corrected chi connectivity index (χ4v) is 2.86. The molecule has 0 radical (unpaired) electrons. The fourth-order valence-electron chi connectivity index (χ4n) is 2.67. The first kappa shape index (κ1) is 17.2. The third-order valence-corrected chi connectivity index (χ3v) is 4.28. The summed E-state index contributed by atoms with van der Waals surface area (Å²) in [6.45, 7) is 1.01. The van der Waals surface area contributed by atoms with Crippen LogP contribution in [0.3, 0.4) is 0 Å². The van der Waals surface area contributed by atoms with Gasteiger partial charge < -0.3 is 20.1 Å². The number of ether oxygens (including phenoxy) is 2. The van der Waals surface area contributed by atoms with Crippen molar-refractivity contribution in [1.82, 2.24) is 4.98 Å². The molecule has 0 fully saturated rings. The zero-order valence-corrected chi connectivity index (χ0v) is 15.0. The minimum Gasteiger partial charge on any atom is -0.486 e. The quantitative estimate of drug-likeness (QED) is 0.696. The van der Waals surface area contributed by atoms with Crippen LogP contribution in [0.25, 0.3) is 0 Å². The lowest BCUT2D eigenvalue weighted by molar-refractivity contribution is 0.102. The van der Waals surface area contributed by atoms with E-state index in [2.05, 4.69) is 15.6 Å². The summed E-state index contributed by atoms with van der Waals surface area (Å²) >= 11 is 6.16. The number of hydrogen-bond acceptors (Lipinski definition) is 5. The molecule has 7 heteroatoms. The predicted octanol–water partition coefficient (Wildman–Crippen LogP) is 4.50. The van der Waals surface area contributed by atoms with E-state index in [0.717, 1.165) is 5.69 Å². The number of nitrogens with one attached hydrogen (secondary N) is 2. The van der Waals surface area contributed by atoms with E-state index in [1.165, 1.54) is 6.20 Å². The summed E-state index contributed by atoms with van der Waals surface area (Å²) in [6.07, 6.45) is 3.13. The Kier molecular flexibility index (Phi) is 4.80. The van der Waals surface area contributed by atoms with Crippen LogP contribution in [0, 0.1) is 0 Å². The van der Waals surface area contributed by atoms with E-state index >= 15 is 0 Å². The Labute approximate surface area is 161 Å². The van der Waals surface area contributed by atoms with Crippen LogP contribution < -0.4 is 20.1 Å². The van der Waals surface area contributed by atoms with Gasteiger partial charge in [0, 0.05) is 18.0 Å². The molecule has 3 aromatic rings. The van der Waals surface area contributed by atoms with Crippen molar-refractivity contribution >= 4 is 34.6 Å². The zero-order chi connectivity index (χ0) is 18.6. The van der Waals surface area contributed by atoms with Crippen molar-refractivity contribution in [3.63, 3.8) is 0 Å². The molecule has 1 aromatic heterocycles. The number of nitrogens with zero attached hydrogens (tertiary/aromatic N) is 1. The van der Waals surface area contributed by atoms with Crippen molar-refractivity contribution < 1.29 is 14.3 Å². The predicted molar refractivity (Wildman–Crippen MR) is 104 cm³/mol. The third-order valence-electron chi connectivity index (χ3n) is 3.95. The lowest BCUT2D eigenvalue weighted by Gasteiger charge is -2.19. The second kappa shape index (κ2) is 7.55. The number of hydrogen-bond donors (Lipinski definition) is 2. The highest BCUT2D eigenvalue weighted by Crippen LogP contribution is 2.32. The van der Waals surface area contributed by atoms with E-state index < -0.39 is 0 Å². The number of carbonyl (C=O) groups is 1. The van der Waals surface area contributed by atoms with Gasteiger partial charge in [-0.2, -0.15) is 0 Å². The molecule has 4 rings (SSSR count). The maximum Gasteiger partial charge on any atom is 0.257 e. The lowest BCUT2D eigenvalue weighted by Crippen LogP contribution is -2.16. The maximum absolute atomic E-state index is 12.6. The van der Waals surface area contributed by atoms with Crippen LogP contribution in [-0.4, -0.2) is 24.1 Å². The first-order chi connectivity index (χ1) is 13.2. The van der Waals surface area contributed by atoms with Crippen molar-refractivity contribution in [2.45, 2.75) is 0 Å². The van der Waals surface area contributed by atoms with E-state index in [4.69, 9.17) is 21.1 Å². The van der Waals surface area contributed by atoms with Gasteiger partial charge in [0.05, 0.1) is 28.2 Å². The number of pyridine rings is 1. The van der Waals surface area contributed by atoms with Crippen LogP contribution in [-0.2, 0) is 0 Å². The normalized spacial score (nSPS) is 12.3. The number of halogens is 1. The minimum atomic E-state index is -0.276. The van der Waals surface area contributed by atoms with Crippen molar-refractivity contribution in [1.29, 1.82) is 0 Å². The Balaban J connectivity index is 1.50. The Bertz CT molecular complexity index is 994. The highest BCUT2D eigenvalue weighted by molar-refractivity contribution is 6.33. The van der Waals surface area contributed by atoms with Gasteiger partial charge in [0.25, 0.3) is 5.91 Å². The van der Waals surface area contributed by atoms with Gasteiger partial charge in [-0.05, 0) is 30.3 Å². The highest BCUT2D eigenvalue weighted by atomic mass is 35.5. The number of benzene rings is 2. The molecule has 1 amide bonds. The molecule has 2 heterocycles. The van der Waals surface area contributed by atoms with Crippen LogP contribution >= 0.6 is 11.6 Å². The number of carbonyl (C=O) groups excluding carboxylic acids is 1. The summed E-state index contributed by atoms with van der Waals surface area (Å²) in [6, 6.07) is 14.4. The standard InChI is InChI=1S/C20H16ClN3O3/c21-16-3-1-2-4-17(16)23-15-9-13(11-22-12-15)20(25)24-14-5-6-18-19(10-14)27-8-7-26-18/h1-6,9-12,23H,7-8H2,(H,24,25). The van der Waals surface area contributed by atoms with Crippen molar-refractivity contribution in [2.75, 3.05) is 23.8 Å². The topological polar surface area (TPSA) is 72.5 Å². The summed E-state index contributed by atoms with van der Waals surface area (Å²) in [5, 5.41) is 6.59. The Morgan fingerprint density at radius 1 is 0.963 bits per heavy atom. The summed E-state index contributed by atoms with van der Waals surface area (Å²) in [5.41, 5.74) is 2.44. The maximum atomic E-state index is 12.6. The van der Waals surface area contributed by atoms with Gasteiger partial charge >= 0.3 is 0 Å². The summed E-state index contributed by atoms with van der Waals surface area (Å²) in [7, 11) is 0. The Morgan fingerprint density at radius 2 is 1.78 bits per heavy atom.